The molecule has 0 aromatic carbocycles. The summed E-state index contributed by atoms with van der Waals surface area (Å²) in [5.41, 5.74) is 0. The van der Waals surface area contributed by atoms with Crippen molar-refractivity contribution < 1.29 is 9.53 Å². The topological polar surface area (TPSA) is 32.8 Å². The van der Waals surface area contributed by atoms with Crippen molar-refractivity contribution in [3.63, 3.8) is 0 Å². The summed E-state index contributed by atoms with van der Waals surface area (Å²) < 4.78 is 5.34. The van der Waals surface area contributed by atoms with Crippen LogP contribution in [0.5, 0.6) is 0 Å². The van der Waals surface area contributed by atoms with Crippen molar-refractivity contribution in [3.8, 4) is 0 Å². The molecule has 2 aliphatic heterocycles. The second kappa shape index (κ2) is 2.73. The first-order valence-corrected chi connectivity index (χ1v) is 4.62. The van der Waals surface area contributed by atoms with Crippen LogP contribution in [-0.2, 0) is 9.53 Å². The van der Waals surface area contributed by atoms with Gasteiger partial charge in [0.05, 0.1) is 6.10 Å². The first-order chi connectivity index (χ1) is 5.68. The number of epoxide rings is 1. The lowest BCUT2D eigenvalue weighted by molar-refractivity contribution is -0.135. The van der Waals surface area contributed by atoms with Crippen LogP contribution in [0.25, 0.3) is 0 Å². The SMILES string of the molecule is CC(C)C(=O)N1CC[C@H]2O[C@H]2C1. The molecule has 2 heterocycles. The van der Waals surface area contributed by atoms with Crippen LogP contribution in [0.4, 0.5) is 0 Å². The molecule has 2 aliphatic rings. The zero-order valence-corrected chi connectivity index (χ0v) is 7.62. The summed E-state index contributed by atoms with van der Waals surface area (Å²) in [7, 11) is 0. The Morgan fingerprint density at radius 1 is 1.50 bits per heavy atom. The normalized spacial score (nSPS) is 33.4. The van der Waals surface area contributed by atoms with E-state index in [1.54, 1.807) is 0 Å². The molecule has 2 fully saturated rings. The molecular weight excluding hydrogens is 154 g/mol. The number of nitrogens with zero attached hydrogens (tertiary/aromatic N) is 1. The van der Waals surface area contributed by atoms with Gasteiger partial charge < -0.3 is 9.64 Å². The molecule has 3 heteroatoms. The molecule has 12 heavy (non-hydrogen) atoms. The van der Waals surface area contributed by atoms with E-state index in [0.29, 0.717) is 12.2 Å². The number of hydrogen-bond donors (Lipinski definition) is 0. The number of hydrogen-bond acceptors (Lipinski definition) is 2. The highest BCUT2D eigenvalue weighted by atomic mass is 16.6. The minimum absolute atomic E-state index is 0.125. The zero-order valence-electron chi connectivity index (χ0n) is 7.62. The second-order valence-electron chi connectivity index (χ2n) is 3.94. The first-order valence-electron chi connectivity index (χ1n) is 4.62. The van der Waals surface area contributed by atoms with Crippen LogP contribution >= 0.6 is 0 Å². The maximum absolute atomic E-state index is 11.5. The molecule has 0 unspecified atom stereocenters. The van der Waals surface area contributed by atoms with Crippen LogP contribution in [0.15, 0.2) is 0 Å². The Labute approximate surface area is 72.7 Å². The molecule has 0 aromatic heterocycles. The van der Waals surface area contributed by atoms with Crippen molar-refractivity contribution in [2.45, 2.75) is 32.5 Å². The summed E-state index contributed by atoms with van der Waals surface area (Å²) in [6, 6.07) is 0. The summed E-state index contributed by atoms with van der Waals surface area (Å²) in [5.74, 6) is 0.393. The van der Waals surface area contributed by atoms with Gasteiger partial charge in [0.25, 0.3) is 0 Å². The van der Waals surface area contributed by atoms with E-state index in [0.717, 1.165) is 19.5 Å². The van der Waals surface area contributed by atoms with Gasteiger partial charge in [0.15, 0.2) is 0 Å². The second-order valence-corrected chi connectivity index (χ2v) is 3.94. The smallest absolute Gasteiger partial charge is 0.225 e. The van der Waals surface area contributed by atoms with Crippen LogP contribution < -0.4 is 0 Å². The molecule has 0 N–H and O–H groups in total. The van der Waals surface area contributed by atoms with Gasteiger partial charge in [0.1, 0.15) is 6.10 Å². The van der Waals surface area contributed by atoms with Gasteiger partial charge in [-0.1, -0.05) is 13.8 Å². The summed E-state index contributed by atoms with van der Waals surface area (Å²) >= 11 is 0. The average molecular weight is 169 g/mol. The minimum atomic E-state index is 0.125. The Kier molecular flexibility index (Phi) is 1.83. The van der Waals surface area contributed by atoms with Gasteiger partial charge in [0.2, 0.25) is 5.91 Å². The van der Waals surface area contributed by atoms with Crippen molar-refractivity contribution in [2.75, 3.05) is 13.1 Å². The van der Waals surface area contributed by atoms with Crippen molar-refractivity contribution in [3.05, 3.63) is 0 Å². The number of carbonyl (C=O) groups excluding carboxylic acids is 1. The van der Waals surface area contributed by atoms with E-state index < -0.39 is 0 Å². The highest BCUT2D eigenvalue weighted by molar-refractivity contribution is 5.78. The Morgan fingerprint density at radius 3 is 2.83 bits per heavy atom. The maximum atomic E-state index is 11.5. The Hall–Kier alpha value is -0.570. The van der Waals surface area contributed by atoms with E-state index in [1.807, 2.05) is 18.7 Å². The van der Waals surface area contributed by atoms with Crippen molar-refractivity contribution in [1.29, 1.82) is 0 Å². The predicted molar refractivity (Wildman–Crippen MR) is 44.7 cm³/mol. The van der Waals surface area contributed by atoms with Crippen molar-refractivity contribution in [1.82, 2.24) is 4.90 Å². The molecule has 2 saturated heterocycles. The standard InChI is InChI=1S/C9H15NO2/c1-6(2)9(11)10-4-3-7-8(5-10)12-7/h6-8H,3-5H2,1-2H3/t7-,8+/m1/s1. The largest absolute Gasteiger partial charge is 0.368 e. The third kappa shape index (κ3) is 1.33. The van der Waals surface area contributed by atoms with Gasteiger partial charge in [-0.25, -0.2) is 0 Å². The summed E-state index contributed by atoms with van der Waals surface area (Å²) in [4.78, 5) is 13.5. The van der Waals surface area contributed by atoms with E-state index >= 15 is 0 Å². The summed E-state index contributed by atoms with van der Waals surface area (Å²) in [5, 5.41) is 0. The number of amides is 1. The van der Waals surface area contributed by atoms with Crippen LogP contribution in [0.3, 0.4) is 0 Å². The van der Waals surface area contributed by atoms with Gasteiger partial charge in [-0.05, 0) is 6.42 Å². The van der Waals surface area contributed by atoms with Crippen molar-refractivity contribution >= 4 is 5.91 Å². The van der Waals surface area contributed by atoms with Crippen LogP contribution in [0.1, 0.15) is 20.3 Å². The Morgan fingerprint density at radius 2 is 2.25 bits per heavy atom. The van der Waals surface area contributed by atoms with Crippen molar-refractivity contribution in [2.24, 2.45) is 5.92 Å². The van der Waals surface area contributed by atoms with Crippen LogP contribution in [0.2, 0.25) is 0 Å². The Bertz CT molecular complexity index is 203. The maximum Gasteiger partial charge on any atom is 0.225 e. The molecule has 0 bridgehead atoms. The van der Waals surface area contributed by atoms with Gasteiger partial charge in [-0.3, -0.25) is 4.79 Å². The zero-order chi connectivity index (χ0) is 8.72. The highest BCUT2D eigenvalue weighted by Gasteiger charge is 2.44. The fourth-order valence-electron chi connectivity index (χ4n) is 1.75. The average Bonchev–Trinajstić information content (AvgIpc) is 2.79. The predicted octanol–water partition coefficient (Wildman–Crippen LogP) is 0.642. The van der Waals surface area contributed by atoms with E-state index in [4.69, 9.17) is 4.74 Å². The molecule has 0 radical (unpaired) electrons. The molecule has 0 spiro atoms. The van der Waals surface area contributed by atoms with Gasteiger partial charge in [-0.15, -0.1) is 0 Å². The number of ether oxygens (including phenoxy) is 1. The van der Waals surface area contributed by atoms with Gasteiger partial charge in [-0.2, -0.15) is 0 Å². The van der Waals surface area contributed by atoms with Crippen LogP contribution in [0, 0.1) is 5.92 Å². The molecule has 3 nitrogen and oxygen atoms in total. The van der Waals surface area contributed by atoms with Gasteiger partial charge in [0, 0.05) is 19.0 Å². The minimum Gasteiger partial charge on any atom is -0.368 e. The van der Waals surface area contributed by atoms with Gasteiger partial charge >= 0.3 is 0 Å². The molecule has 0 aromatic rings. The lowest BCUT2D eigenvalue weighted by Gasteiger charge is -2.25. The molecular formula is C9H15NO2. The number of carbonyl (C=O) groups is 1. The van der Waals surface area contributed by atoms with E-state index in [1.165, 1.54) is 0 Å². The molecule has 68 valence electrons. The number of piperidine rings is 1. The van der Waals surface area contributed by atoms with Crippen LogP contribution in [-0.4, -0.2) is 36.1 Å². The fraction of sp³-hybridized carbons (Fsp3) is 0.889. The molecule has 0 aliphatic carbocycles. The summed E-state index contributed by atoms with van der Waals surface area (Å²) in [6.45, 7) is 5.60. The first kappa shape index (κ1) is 8.05. The third-order valence-corrected chi connectivity index (χ3v) is 2.58. The Balaban J connectivity index is 1.91. The van der Waals surface area contributed by atoms with E-state index in [2.05, 4.69) is 0 Å². The lowest BCUT2D eigenvalue weighted by Crippen LogP contribution is -2.41. The lowest BCUT2D eigenvalue weighted by atomic mass is 10.1. The number of fused-ring (bicyclic) bond motifs is 1. The van der Waals surface area contributed by atoms with E-state index in [9.17, 15) is 4.79 Å². The fourth-order valence-corrected chi connectivity index (χ4v) is 1.75. The number of likely N-dealkylation sites (tertiary alicyclic amines) is 1. The molecule has 0 saturated carbocycles. The molecule has 2 rings (SSSR count). The quantitative estimate of drug-likeness (QED) is 0.540. The molecule has 1 amide bonds. The molecule has 2 atom stereocenters. The van der Waals surface area contributed by atoms with E-state index in [-0.39, 0.29) is 11.8 Å². The monoisotopic (exact) mass is 169 g/mol. The number of rotatable bonds is 1. The third-order valence-electron chi connectivity index (χ3n) is 2.58. The highest BCUT2D eigenvalue weighted by Crippen LogP contribution is 2.30. The summed E-state index contributed by atoms with van der Waals surface area (Å²) in [6.07, 6.45) is 1.87.